The Morgan fingerprint density at radius 1 is 1.17 bits per heavy atom. The van der Waals surface area contributed by atoms with Crippen LogP contribution in [0.5, 0.6) is 5.75 Å². The summed E-state index contributed by atoms with van der Waals surface area (Å²) in [4.78, 5) is 12.4. The Labute approximate surface area is 153 Å². The molecule has 1 fully saturated rings. The molecule has 1 aliphatic heterocycles. The van der Waals surface area contributed by atoms with Crippen molar-refractivity contribution in [2.75, 3.05) is 13.1 Å². The number of carbonyl (C=O) groups excluding carboxylic acids is 1. The Hall–Kier alpha value is -1.12. The summed E-state index contributed by atoms with van der Waals surface area (Å²) in [5.41, 5.74) is 0. The van der Waals surface area contributed by atoms with Crippen molar-refractivity contribution < 1.29 is 17.9 Å². The number of thiophene rings is 1. The Kier molecular flexibility index (Phi) is 5.17. The van der Waals surface area contributed by atoms with E-state index in [-0.39, 0.29) is 20.5 Å². The maximum Gasteiger partial charge on any atom is 0.355 e. The van der Waals surface area contributed by atoms with E-state index in [2.05, 4.69) is 0 Å². The van der Waals surface area contributed by atoms with Crippen LogP contribution in [0.25, 0.3) is 0 Å². The summed E-state index contributed by atoms with van der Waals surface area (Å²) >= 11 is 12.8. The molecule has 0 saturated carbocycles. The van der Waals surface area contributed by atoms with E-state index in [1.54, 1.807) is 5.38 Å². The number of hydrogen-bond acceptors (Lipinski definition) is 5. The topological polar surface area (TPSA) is 63.7 Å². The van der Waals surface area contributed by atoms with Gasteiger partial charge in [0.2, 0.25) is 10.0 Å². The molecular formula is C15H13Cl2NO4S2. The number of ether oxygens (including phenoxy) is 1. The first kappa shape index (κ1) is 17.7. The number of sulfonamides is 1. The fourth-order valence-electron chi connectivity index (χ4n) is 2.42. The molecule has 0 bridgehead atoms. The molecule has 2 heterocycles. The summed E-state index contributed by atoms with van der Waals surface area (Å²) in [5.74, 6) is -0.629. The van der Waals surface area contributed by atoms with Crippen molar-refractivity contribution in [2.24, 2.45) is 0 Å². The van der Waals surface area contributed by atoms with Crippen LogP contribution >= 0.6 is 34.5 Å². The van der Waals surface area contributed by atoms with Crippen LogP contribution in [0, 0.1) is 0 Å². The molecule has 24 heavy (non-hydrogen) atoms. The quantitative estimate of drug-likeness (QED) is 0.568. The minimum Gasteiger partial charge on any atom is -0.421 e. The van der Waals surface area contributed by atoms with E-state index in [9.17, 15) is 13.2 Å². The number of benzene rings is 1. The van der Waals surface area contributed by atoms with Crippen LogP contribution in [0.3, 0.4) is 0 Å². The van der Waals surface area contributed by atoms with E-state index in [1.807, 2.05) is 0 Å². The second kappa shape index (κ2) is 7.01. The molecule has 0 unspecified atom stereocenters. The van der Waals surface area contributed by atoms with E-state index >= 15 is 0 Å². The van der Waals surface area contributed by atoms with E-state index in [0.717, 1.165) is 24.2 Å². The minimum absolute atomic E-state index is 0.0236. The Morgan fingerprint density at radius 2 is 1.88 bits per heavy atom. The number of halogens is 2. The molecule has 0 spiro atoms. The predicted molar refractivity (Wildman–Crippen MR) is 93.7 cm³/mol. The van der Waals surface area contributed by atoms with Crippen molar-refractivity contribution in [1.29, 1.82) is 0 Å². The zero-order valence-corrected chi connectivity index (χ0v) is 15.5. The number of hydrogen-bond donors (Lipinski definition) is 0. The predicted octanol–water partition coefficient (Wildman–Crippen LogP) is 4.06. The monoisotopic (exact) mass is 405 g/mol. The zero-order valence-electron chi connectivity index (χ0n) is 12.4. The van der Waals surface area contributed by atoms with Gasteiger partial charge in [-0.1, -0.05) is 23.2 Å². The molecule has 1 aromatic heterocycles. The van der Waals surface area contributed by atoms with Gasteiger partial charge in [0, 0.05) is 18.1 Å². The van der Waals surface area contributed by atoms with E-state index in [4.69, 9.17) is 27.9 Å². The summed E-state index contributed by atoms with van der Waals surface area (Å²) < 4.78 is 32.0. The highest BCUT2D eigenvalue weighted by Crippen LogP contribution is 2.31. The largest absolute Gasteiger partial charge is 0.421 e. The lowest BCUT2D eigenvalue weighted by atomic mass is 10.3. The maximum atomic E-state index is 12.7. The van der Waals surface area contributed by atoms with Crippen LogP contribution < -0.4 is 4.74 Å². The van der Waals surface area contributed by atoms with Crippen molar-refractivity contribution >= 4 is 50.5 Å². The van der Waals surface area contributed by atoms with Gasteiger partial charge in [0.05, 0.1) is 5.02 Å². The van der Waals surface area contributed by atoms with Crippen molar-refractivity contribution in [3.8, 4) is 5.75 Å². The first-order valence-electron chi connectivity index (χ1n) is 7.14. The van der Waals surface area contributed by atoms with E-state index < -0.39 is 16.0 Å². The molecule has 5 nitrogen and oxygen atoms in total. The van der Waals surface area contributed by atoms with Crippen molar-refractivity contribution in [3.63, 3.8) is 0 Å². The fourth-order valence-corrected chi connectivity index (χ4v) is 5.65. The molecule has 9 heteroatoms. The molecule has 0 N–H and O–H groups in total. The summed E-state index contributed by atoms with van der Waals surface area (Å²) in [5, 5.41) is 2.15. The highest BCUT2D eigenvalue weighted by Gasteiger charge is 2.32. The smallest absolute Gasteiger partial charge is 0.355 e. The first-order valence-corrected chi connectivity index (χ1v) is 10.2. The maximum absolute atomic E-state index is 12.7. The van der Waals surface area contributed by atoms with Gasteiger partial charge < -0.3 is 4.74 Å². The Balaban J connectivity index is 1.88. The number of nitrogens with zero attached hydrogens (tertiary/aromatic N) is 1. The molecule has 0 aliphatic carbocycles. The van der Waals surface area contributed by atoms with Crippen LogP contribution in [0.2, 0.25) is 10.0 Å². The van der Waals surface area contributed by atoms with Crippen molar-refractivity contribution in [1.82, 2.24) is 4.31 Å². The lowest BCUT2D eigenvalue weighted by Gasteiger charge is -2.15. The van der Waals surface area contributed by atoms with Crippen LogP contribution in [0.4, 0.5) is 0 Å². The fraction of sp³-hybridized carbons (Fsp3) is 0.267. The molecule has 128 valence electrons. The number of esters is 1. The van der Waals surface area contributed by atoms with Gasteiger partial charge in [0.25, 0.3) is 0 Å². The first-order chi connectivity index (χ1) is 11.4. The third-order valence-corrected chi connectivity index (χ3v) is 7.09. The van der Waals surface area contributed by atoms with Crippen molar-refractivity contribution in [2.45, 2.75) is 17.7 Å². The Morgan fingerprint density at radius 3 is 2.54 bits per heavy atom. The summed E-state index contributed by atoms with van der Waals surface area (Å²) in [6, 6.07) is 5.87. The Bertz CT molecular complexity index is 873. The highest BCUT2D eigenvalue weighted by atomic mass is 35.5. The van der Waals surface area contributed by atoms with Gasteiger partial charge in [-0.25, -0.2) is 13.2 Å². The molecule has 1 aromatic carbocycles. The molecule has 0 radical (unpaired) electrons. The molecular weight excluding hydrogens is 393 g/mol. The molecule has 1 saturated heterocycles. The second-order valence-corrected chi connectivity index (χ2v) is 8.86. The van der Waals surface area contributed by atoms with Gasteiger partial charge in [-0.05, 0) is 42.5 Å². The van der Waals surface area contributed by atoms with Crippen LogP contribution in [-0.4, -0.2) is 31.8 Å². The average molecular weight is 406 g/mol. The van der Waals surface area contributed by atoms with Gasteiger partial charge in [-0.2, -0.15) is 4.31 Å². The van der Waals surface area contributed by atoms with Gasteiger partial charge in [-0.3, -0.25) is 0 Å². The third-order valence-electron chi connectivity index (χ3n) is 3.59. The van der Waals surface area contributed by atoms with Gasteiger partial charge >= 0.3 is 5.97 Å². The van der Waals surface area contributed by atoms with Gasteiger partial charge in [0.1, 0.15) is 15.5 Å². The summed E-state index contributed by atoms with van der Waals surface area (Å²) in [6.45, 7) is 0.936. The van der Waals surface area contributed by atoms with Crippen molar-refractivity contribution in [3.05, 3.63) is 44.6 Å². The number of carbonyl (C=O) groups is 1. The number of rotatable bonds is 4. The second-order valence-electron chi connectivity index (χ2n) is 5.19. The van der Waals surface area contributed by atoms with E-state index in [0.29, 0.717) is 18.1 Å². The lowest BCUT2D eigenvalue weighted by Crippen LogP contribution is -2.29. The normalized spacial score (nSPS) is 15.6. The molecule has 1 aliphatic rings. The molecule has 0 atom stereocenters. The molecule has 0 amide bonds. The minimum atomic E-state index is -3.69. The van der Waals surface area contributed by atoms with Gasteiger partial charge in [0.15, 0.2) is 0 Å². The summed E-state index contributed by atoms with van der Waals surface area (Å²) in [7, 11) is -3.69. The third kappa shape index (κ3) is 3.45. The van der Waals surface area contributed by atoms with Crippen LogP contribution in [0.1, 0.15) is 22.5 Å². The molecule has 3 rings (SSSR count). The zero-order chi connectivity index (χ0) is 17.3. The summed E-state index contributed by atoms with van der Waals surface area (Å²) in [6.07, 6.45) is 1.65. The average Bonchev–Trinajstić information content (AvgIpc) is 3.21. The SMILES string of the molecule is O=C(Oc1ccc(Cl)cc1Cl)c1sccc1S(=O)(=O)N1CCCC1. The van der Waals surface area contributed by atoms with Gasteiger partial charge in [-0.15, -0.1) is 11.3 Å². The van der Waals surface area contributed by atoms with Crippen LogP contribution in [-0.2, 0) is 10.0 Å². The highest BCUT2D eigenvalue weighted by molar-refractivity contribution is 7.89. The van der Waals surface area contributed by atoms with E-state index in [1.165, 1.54) is 28.6 Å². The van der Waals surface area contributed by atoms with Crippen LogP contribution in [0.15, 0.2) is 34.5 Å². The standard InChI is InChI=1S/C15H13Cl2NO4S2/c16-10-3-4-12(11(17)9-10)22-15(19)14-13(5-8-23-14)24(20,21)18-6-1-2-7-18/h3-5,8-9H,1-2,6-7H2. The molecule has 2 aromatic rings. The lowest BCUT2D eigenvalue weighted by molar-refractivity contribution is 0.0736.